The predicted octanol–water partition coefficient (Wildman–Crippen LogP) is 0.0299. The second-order valence-electron chi connectivity index (χ2n) is 7.73. The zero-order valence-corrected chi connectivity index (χ0v) is 16.0. The van der Waals surface area contributed by atoms with Crippen molar-refractivity contribution in [1.29, 1.82) is 0 Å². The molecule has 1 spiro atoms. The number of nitrogens with zero attached hydrogens (tertiary/aromatic N) is 4. The Kier molecular flexibility index (Phi) is 6.32. The van der Waals surface area contributed by atoms with Crippen molar-refractivity contribution in [3.8, 4) is 0 Å². The van der Waals surface area contributed by atoms with Crippen LogP contribution in [-0.2, 0) is 14.3 Å². The molecule has 3 fully saturated rings. The Labute approximate surface area is 156 Å². The lowest BCUT2D eigenvalue weighted by atomic mass is 9.86. The quantitative estimate of drug-likeness (QED) is 0.659. The highest BCUT2D eigenvalue weighted by molar-refractivity contribution is 5.78. The first kappa shape index (κ1) is 19.3. The SMILES string of the molecule is C=CCN1CC[C@@]2(CCC1=O)CN(CC(=O)N1CCOCC1)CCN2C. The van der Waals surface area contributed by atoms with Crippen molar-refractivity contribution in [3.63, 3.8) is 0 Å². The molecule has 0 unspecified atom stereocenters. The Morgan fingerprint density at radius 1 is 1.19 bits per heavy atom. The number of rotatable bonds is 4. The van der Waals surface area contributed by atoms with Gasteiger partial charge in [0.15, 0.2) is 0 Å². The van der Waals surface area contributed by atoms with Crippen LogP contribution in [0.15, 0.2) is 12.7 Å². The van der Waals surface area contributed by atoms with Crippen molar-refractivity contribution in [2.75, 3.05) is 72.6 Å². The molecule has 146 valence electrons. The third kappa shape index (κ3) is 4.27. The van der Waals surface area contributed by atoms with Gasteiger partial charge in [0, 0.05) is 57.8 Å². The number of carbonyl (C=O) groups excluding carboxylic acids is 2. The van der Waals surface area contributed by atoms with Crippen LogP contribution in [0.1, 0.15) is 19.3 Å². The number of piperazine rings is 1. The van der Waals surface area contributed by atoms with Gasteiger partial charge >= 0.3 is 0 Å². The Morgan fingerprint density at radius 2 is 1.96 bits per heavy atom. The molecule has 26 heavy (non-hydrogen) atoms. The fraction of sp³-hybridized carbons (Fsp3) is 0.789. The Hall–Kier alpha value is -1.44. The van der Waals surface area contributed by atoms with Crippen LogP contribution in [0.4, 0.5) is 0 Å². The molecule has 2 amide bonds. The molecule has 3 aliphatic heterocycles. The van der Waals surface area contributed by atoms with Crippen LogP contribution in [0.2, 0.25) is 0 Å². The number of morpholine rings is 1. The van der Waals surface area contributed by atoms with Gasteiger partial charge in [-0.15, -0.1) is 6.58 Å². The Balaban J connectivity index is 1.62. The number of hydrogen-bond donors (Lipinski definition) is 0. The molecule has 3 heterocycles. The standard InChI is InChI=1S/C19H32N4O3/c1-3-7-22-8-6-19(5-4-17(22)24)16-21(10-9-20(19)2)15-18(25)23-11-13-26-14-12-23/h3H,1,4-16H2,2H3/t19-/m0/s1. The first-order chi connectivity index (χ1) is 12.5. The van der Waals surface area contributed by atoms with Gasteiger partial charge in [0.2, 0.25) is 11.8 Å². The summed E-state index contributed by atoms with van der Waals surface area (Å²) in [5.74, 6) is 0.419. The number of likely N-dealkylation sites (N-methyl/N-ethyl adjacent to an activating group) is 1. The van der Waals surface area contributed by atoms with Crippen LogP contribution in [0.3, 0.4) is 0 Å². The summed E-state index contributed by atoms with van der Waals surface area (Å²) in [6.07, 6.45) is 4.18. The van der Waals surface area contributed by atoms with Gasteiger partial charge < -0.3 is 14.5 Å². The molecular weight excluding hydrogens is 332 g/mol. The number of carbonyl (C=O) groups is 2. The predicted molar refractivity (Wildman–Crippen MR) is 99.8 cm³/mol. The normalized spacial score (nSPS) is 29.0. The highest BCUT2D eigenvalue weighted by Crippen LogP contribution is 2.32. The Morgan fingerprint density at radius 3 is 2.69 bits per heavy atom. The van der Waals surface area contributed by atoms with Crippen LogP contribution < -0.4 is 0 Å². The molecule has 7 nitrogen and oxygen atoms in total. The van der Waals surface area contributed by atoms with E-state index < -0.39 is 0 Å². The fourth-order valence-electron chi connectivity index (χ4n) is 4.36. The first-order valence-electron chi connectivity index (χ1n) is 9.72. The topological polar surface area (TPSA) is 56.3 Å². The molecule has 7 heteroatoms. The zero-order valence-electron chi connectivity index (χ0n) is 16.0. The fourth-order valence-corrected chi connectivity index (χ4v) is 4.36. The first-order valence-corrected chi connectivity index (χ1v) is 9.72. The van der Waals surface area contributed by atoms with Crippen LogP contribution in [0.5, 0.6) is 0 Å². The van der Waals surface area contributed by atoms with Crippen molar-refractivity contribution in [3.05, 3.63) is 12.7 Å². The lowest BCUT2D eigenvalue weighted by Crippen LogP contribution is -2.62. The third-order valence-corrected chi connectivity index (χ3v) is 6.16. The summed E-state index contributed by atoms with van der Waals surface area (Å²) in [4.78, 5) is 33.5. The van der Waals surface area contributed by atoms with Crippen LogP contribution in [0.25, 0.3) is 0 Å². The van der Waals surface area contributed by atoms with Crippen LogP contribution in [0, 0.1) is 0 Å². The minimum absolute atomic E-state index is 0.0187. The molecule has 3 rings (SSSR count). The van der Waals surface area contributed by atoms with E-state index in [1.54, 1.807) is 6.08 Å². The van der Waals surface area contributed by atoms with E-state index in [9.17, 15) is 9.59 Å². The van der Waals surface area contributed by atoms with Gasteiger partial charge in [-0.2, -0.15) is 0 Å². The van der Waals surface area contributed by atoms with E-state index in [0.29, 0.717) is 45.8 Å². The molecule has 0 aliphatic carbocycles. The summed E-state index contributed by atoms with van der Waals surface area (Å²) in [5.41, 5.74) is -0.0187. The lowest BCUT2D eigenvalue weighted by molar-refractivity contribution is -0.138. The zero-order chi connectivity index (χ0) is 18.6. The molecule has 3 aliphatic rings. The van der Waals surface area contributed by atoms with Crippen molar-refractivity contribution >= 4 is 11.8 Å². The summed E-state index contributed by atoms with van der Waals surface area (Å²) in [7, 11) is 2.16. The molecule has 0 saturated carbocycles. The monoisotopic (exact) mass is 364 g/mol. The second kappa shape index (κ2) is 8.50. The largest absolute Gasteiger partial charge is 0.378 e. The van der Waals surface area contributed by atoms with Crippen molar-refractivity contribution in [1.82, 2.24) is 19.6 Å². The van der Waals surface area contributed by atoms with E-state index >= 15 is 0 Å². The van der Waals surface area contributed by atoms with Crippen molar-refractivity contribution in [2.24, 2.45) is 0 Å². The number of likely N-dealkylation sites (tertiary alicyclic amines) is 1. The Bertz CT molecular complexity index is 535. The second-order valence-corrected chi connectivity index (χ2v) is 7.73. The molecule has 0 aromatic heterocycles. The van der Waals surface area contributed by atoms with Gasteiger partial charge in [-0.25, -0.2) is 0 Å². The molecular formula is C19H32N4O3. The maximum Gasteiger partial charge on any atom is 0.236 e. The summed E-state index contributed by atoms with van der Waals surface area (Å²) in [6.45, 7) is 11.0. The van der Waals surface area contributed by atoms with Gasteiger partial charge in [-0.1, -0.05) is 6.08 Å². The van der Waals surface area contributed by atoms with Crippen LogP contribution >= 0.6 is 0 Å². The van der Waals surface area contributed by atoms with E-state index in [4.69, 9.17) is 4.74 Å². The minimum atomic E-state index is -0.0187. The number of hydrogen-bond acceptors (Lipinski definition) is 5. The van der Waals surface area contributed by atoms with Gasteiger partial charge in [0.25, 0.3) is 0 Å². The molecule has 0 bridgehead atoms. The maximum atomic E-state index is 12.6. The summed E-state index contributed by atoms with van der Waals surface area (Å²) >= 11 is 0. The summed E-state index contributed by atoms with van der Waals surface area (Å²) in [6, 6.07) is 0. The average Bonchev–Trinajstić information content (AvgIpc) is 2.80. The molecule has 0 aromatic carbocycles. The highest BCUT2D eigenvalue weighted by Gasteiger charge is 2.42. The van der Waals surface area contributed by atoms with Gasteiger partial charge in [0.1, 0.15) is 0 Å². The molecule has 0 N–H and O–H groups in total. The van der Waals surface area contributed by atoms with Gasteiger partial charge in [-0.3, -0.25) is 19.4 Å². The van der Waals surface area contributed by atoms with E-state index in [1.807, 2.05) is 9.80 Å². The lowest BCUT2D eigenvalue weighted by Gasteiger charge is -2.49. The van der Waals surface area contributed by atoms with E-state index in [2.05, 4.69) is 23.4 Å². The minimum Gasteiger partial charge on any atom is -0.378 e. The van der Waals surface area contributed by atoms with E-state index in [-0.39, 0.29) is 17.4 Å². The van der Waals surface area contributed by atoms with Crippen LogP contribution in [-0.4, -0.2) is 110 Å². The summed E-state index contributed by atoms with van der Waals surface area (Å²) < 4.78 is 5.34. The number of amides is 2. The smallest absolute Gasteiger partial charge is 0.236 e. The highest BCUT2D eigenvalue weighted by atomic mass is 16.5. The molecule has 0 radical (unpaired) electrons. The van der Waals surface area contributed by atoms with Gasteiger partial charge in [0.05, 0.1) is 19.8 Å². The average molecular weight is 364 g/mol. The summed E-state index contributed by atoms with van der Waals surface area (Å²) in [5, 5.41) is 0. The van der Waals surface area contributed by atoms with Crippen molar-refractivity contribution in [2.45, 2.75) is 24.8 Å². The third-order valence-electron chi connectivity index (χ3n) is 6.16. The van der Waals surface area contributed by atoms with E-state index in [0.717, 1.165) is 39.0 Å². The molecule has 0 aromatic rings. The maximum absolute atomic E-state index is 12.6. The molecule has 1 atom stereocenters. The van der Waals surface area contributed by atoms with Crippen molar-refractivity contribution < 1.29 is 14.3 Å². The van der Waals surface area contributed by atoms with E-state index in [1.165, 1.54) is 0 Å². The molecule has 3 saturated heterocycles. The number of ether oxygens (including phenoxy) is 1. The van der Waals surface area contributed by atoms with Gasteiger partial charge in [-0.05, 0) is 19.9 Å².